The van der Waals surface area contributed by atoms with Gasteiger partial charge in [-0.05, 0) is 33.1 Å². The fraction of sp³-hybridized carbons (Fsp3) is 1.00. The molecule has 0 aromatic heterocycles. The molecule has 0 spiro atoms. The summed E-state index contributed by atoms with van der Waals surface area (Å²) in [5.74, 6) is 0.836. The van der Waals surface area contributed by atoms with Crippen molar-refractivity contribution in [3.05, 3.63) is 0 Å². The topological polar surface area (TPSA) is 34.1 Å². The maximum atomic E-state index is 11.7. The molecule has 0 rings (SSSR count). The first-order valence-corrected chi connectivity index (χ1v) is 6.58. The Morgan fingerprint density at radius 2 is 1.69 bits per heavy atom. The van der Waals surface area contributed by atoms with Gasteiger partial charge in [0.1, 0.15) is 0 Å². The van der Waals surface area contributed by atoms with Crippen molar-refractivity contribution in [3.63, 3.8) is 0 Å². The van der Waals surface area contributed by atoms with Gasteiger partial charge in [-0.3, -0.25) is 0 Å². The highest BCUT2D eigenvalue weighted by Crippen LogP contribution is 2.19. The van der Waals surface area contributed by atoms with Crippen molar-refractivity contribution in [2.45, 2.75) is 52.2 Å². The summed E-state index contributed by atoms with van der Waals surface area (Å²) >= 11 is 0. The van der Waals surface area contributed by atoms with Gasteiger partial charge < -0.3 is 0 Å². The Bertz CT molecular complexity index is 234. The van der Waals surface area contributed by atoms with Crippen LogP contribution in [0.25, 0.3) is 0 Å². The molecule has 1 atom stereocenters. The van der Waals surface area contributed by atoms with Gasteiger partial charge in [0.2, 0.25) is 0 Å². The molecule has 3 heteroatoms. The lowest BCUT2D eigenvalue weighted by Crippen LogP contribution is -2.30. The lowest BCUT2D eigenvalue weighted by molar-refractivity contribution is 0.519. The first kappa shape index (κ1) is 12.9. The lowest BCUT2D eigenvalue weighted by Gasteiger charge is -2.20. The molecular weight excluding hydrogens is 184 g/mol. The van der Waals surface area contributed by atoms with Crippen LogP contribution in [0.1, 0.15) is 47.5 Å². The van der Waals surface area contributed by atoms with Crippen LogP contribution in [-0.2, 0) is 9.84 Å². The quantitative estimate of drug-likeness (QED) is 0.708. The second kappa shape index (κ2) is 4.45. The smallest absolute Gasteiger partial charge is 0.155 e. The van der Waals surface area contributed by atoms with Gasteiger partial charge in [-0.15, -0.1) is 0 Å². The van der Waals surface area contributed by atoms with Crippen LogP contribution < -0.4 is 0 Å². The number of sulfone groups is 1. The average molecular weight is 206 g/mol. The Balaban J connectivity index is 4.22. The van der Waals surface area contributed by atoms with Crippen LogP contribution in [0, 0.1) is 5.92 Å². The summed E-state index contributed by atoms with van der Waals surface area (Å²) in [6.07, 6.45) is 1.84. The Morgan fingerprint density at radius 3 is 2.00 bits per heavy atom. The molecule has 0 aliphatic heterocycles. The van der Waals surface area contributed by atoms with Gasteiger partial charge in [0, 0.05) is 0 Å². The minimum Gasteiger partial charge on any atom is -0.228 e. The molecule has 13 heavy (non-hydrogen) atoms. The van der Waals surface area contributed by atoms with Gasteiger partial charge in [-0.25, -0.2) is 8.42 Å². The summed E-state index contributed by atoms with van der Waals surface area (Å²) in [4.78, 5) is 0. The third-order valence-corrected chi connectivity index (χ3v) is 5.15. The molecule has 80 valence electrons. The third-order valence-electron chi connectivity index (χ3n) is 2.51. The van der Waals surface area contributed by atoms with Crippen molar-refractivity contribution in [2.75, 3.05) is 5.75 Å². The van der Waals surface area contributed by atoms with E-state index in [0.717, 1.165) is 12.8 Å². The van der Waals surface area contributed by atoms with Gasteiger partial charge in [0.15, 0.2) is 9.84 Å². The van der Waals surface area contributed by atoms with E-state index in [-0.39, 0.29) is 0 Å². The highest BCUT2D eigenvalue weighted by molar-refractivity contribution is 7.92. The van der Waals surface area contributed by atoms with Crippen molar-refractivity contribution >= 4 is 9.84 Å². The lowest BCUT2D eigenvalue weighted by atomic mass is 10.1. The van der Waals surface area contributed by atoms with Crippen molar-refractivity contribution in [3.8, 4) is 0 Å². The molecule has 0 aliphatic carbocycles. The summed E-state index contributed by atoms with van der Waals surface area (Å²) in [7, 11) is -2.90. The summed E-state index contributed by atoms with van der Waals surface area (Å²) < 4.78 is 22.7. The Morgan fingerprint density at radius 1 is 1.23 bits per heavy atom. The zero-order valence-corrected chi connectivity index (χ0v) is 10.2. The van der Waals surface area contributed by atoms with Crippen LogP contribution in [0.4, 0.5) is 0 Å². The van der Waals surface area contributed by atoms with Crippen LogP contribution in [0.5, 0.6) is 0 Å². The van der Waals surface area contributed by atoms with E-state index >= 15 is 0 Å². The second-order valence-corrected chi connectivity index (χ2v) is 7.60. The van der Waals surface area contributed by atoms with Crippen LogP contribution in [0.2, 0.25) is 0 Å². The zero-order valence-electron chi connectivity index (χ0n) is 9.42. The minimum absolute atomic E-state index is 0.325. The van der Waals surface area contributed by atoms with E-state index in [2.05, 4.69) is 13.8 Å². The molecule has 2 nitrogen and oxygen atoms in total. The fourth-order valence-corrected chi connectivity index (χ4v) is 2.19. The van der Waals surface area contributed by atoms with Crippen LogP contribution >= 0.6 is 0 Å². The Kier molecular flexibility index (Phi) is 4.43. The largest absolute Gasteiger partial charge is 0.228 e. The van der Waals surface area contributed by atoms with Gasteiger partial charge >= 0.3 is 0 Å². The first-order chi connectivity index (χ1) is 5.70. The summed E-state index contributed by atoms with van der Waals surface area (Å²) in [5, 5.41) is 0. The molecule has 0 bridgehead atoms. The highest BCUT2D eigenvalue weighted by atomic mass is 32.2. The molecule has 0 amide bonds. The van der Waals surface area contributed by atoms with Gasteiger partial charge in [0.05, 0.1) is 10.5 Å². The number of hydrogen-bond donors (Lipinski definition) is 0. The molecule has 0 aromatic carbocycles. The molecule has 0 aliphatic rings. The third kappa shape index (κ3) is 4.12. The maximum Gasteiger partial charge on any atom is 0.155 e. The monoisotopic (exact) mass is 206 g/mol. The normalized spacial score (nSPS) is 15.8. The molecule has 0 N–H and O–H groups in total. The Labute approximate surface area is 82.6 Å². The summed E-state index contributed by atoms with van der Waals surface area (Å²) in [6, 6.07) is 0. The van der Waals surface area contributed by atoms with E-state index in [1.165, 1.54) is 0 Å². The van der Waals surface area contributed by atoms with E-state index < -0.39 is 14.6 Å². The van der Waals surface area contributed by atoms with E-state index in [1.54, 1.807) is 20.8 Å². The van der Waals surface area contributed by atoms with Gasteiger partial charge in [-0.2, -0.15) is 0 Å². The predicted molar refractivity (Wildman–Crippen MR) is 57.6 cm³/mol. The van der Waals surface area contributed by atoms with E-state index in [0.29, 0.717) is 11.7 Å². The van der Waals surface area contributed by atoms with E-state index in [1.807, 2.05) is 0 Å². The minimum atomic E-state index is -2.90. The van der Waals surface area contributed by atoms with E-state index in [9.17, 15) is 8.42 Å². The molecule has 0 heterocycles. The molecule has 0 radical (unpaired) electrons. The van der Waals surface area contributed by atoms with Crippen molar-refractivity contribution < 1.29 is 8.42 Å². The molecule has 0 fully saturated rings. The van der Waals surface area contributed by atoms with Crippen molar-refractivity contribution in [1.29, 1.82) is 0 Å². The average Bonchev–Trinajstić information content (AvgIpc) is 1.98. The van der Waals surface area contributed by atoms with Gasteiger partial charge in [0.25, 0.3) is 0 Å². The van der Waals surface area contributed by atoms with Crippen LogP contribution in [0.15, 0.2) is 0 Å². The highest BCUT2D eigenvalue weighted by Gasteiger charge is 2.28. The van der Waals surface area contributed by atoms with E-state index in [4.69, 9.17) is 0 Å². The SMILES string of the molecule is CCC(C)CCS(=O)(=O)C(C)(C)C. The molecule has 0 saturated heterocycles. The molecule has 1 unspecified atom stereocenters. The summed E-state index contributed by atoms with van der Waals surface area (Å²) in [5.41, 5.74) is 0. The molecule has 0 aromatic rings. The standard InChI is InChI=1S/C10H22O2S/c1-6-9(2)7-8-13(11,12)10(3,4)5/h9H,6-8H2,1-5H3. The number of hydrogen-bond acceptors (Lipinski definition) is 2. The van der Waals surface area contributed by atoms with Crippen LogP contribution in [0.3, 0.4) is 0 Å². The van der Waals surface area contributed by atoms with Crippen LogP contribution in [-0.4, -0.2) is 18.9 Å². The number of rotatable bonds is 4. The molecule has 0 saturated carbocycles. The predicted octanol–water partition coefficient (Wildman–Crippen LogP) is 2.64. The van der Waals surface area contributed by atoms with Crippen molar-refractivity contribution in [2.24, 2.45) is 5.92 Å². The Hall–Kier alpha value is -0.0500. The van der Waals surface area contributed by atoms with Gasteiger partial charge in [-0.1, -0.05) is 20.3 Å². The van der Waals surface area contributed by atoms with Crippen molar-refractivity contribution in [1.82, 2.24) is 0 Å². The second-order valence-electron chi connectivity index (χ2n) is 4.73. The first-order valence-electron chi connectivity index (χ1n) is 4.93. The molecular formula is C10H22O2S. The zero-order chi connectivity index (χ0) is 10.7. The maximum absolute atomic E-state index is 11.7. The summed E-state index contributed by atoms with van der Waals surface area (Å²) in [6.45, 7) is 9.48. The fourth-order valence-electron chi connectivity index (χ4n) is 0.867.